The van der Waals surface area contributed by atoms with Gasteiger partial charge in [-0.15, -0.1) is 0 Å². The SMILES string of the molecule is C.CCCOC(=O)c1ccccc1.COC(=O)c1ccccc1. The van der Waals surface area contributed by atoms with E-state index in [4.69, 9.17) is 4.74 Å². The molecular formula is C19H24O4. The maximum Gasteiger partial charge on any atom is 0.338 e. The van der Waals surface area contributed by atoms with Crippen molar-refractivity contribution in [3.63, 3.8) is 0 Å². The van der Waals surface area contributed by atoms with Crippen molar-refractivity contribution in [2.24, 2.45) is 0 Å². The zero-order chi connectivity index (χ0) is 16.2. The van der Waals surface area contributed by atoms with Crippen LogP contribution in [0.5, 0.6) is 0 Å². The van der Waals surface area contributed by atoms with E-state index in [0.29, 0.717) is 17.7 Å². The van der Waals surface area contributed by atoms with E-state index in [1.165, 1.54) is 7.11 Å². The molecule has 0 spiro atoms. The highest BCUT2D eigenvalue weighted by molar-refractivity contribution is 5.89. The molecular weight excluding hydrogens is 292 g/mol. The molecule has 0 aromatic heterocycles. The highest BCUT2D eigenvalue weighted by Gasteiger charge is 2.03. The maximum absolute atomic E-state index is 11.2. The molecule has 4 heteroatoms. The minimum absolute atomic E-state index is 0. The lowest BCUT2D eigenvalue weighted by Crippen LogP contribution is -2.05. The van der Waals surface area contributed by atoms with E-state index in [1.54, 1.807) is 36.4 Å². The van der Waals surface area contributed by atoms with Crippen molar-refractivity contribution in [1.82, 2.24) is 0 Å². The third-order valence-electron chi connectivity index (χ3n) is 2.64. The number of carbonyl (C=O) groups is 2. The minimum Gasteiger partial charge on any atom is -0.465 e. The van der Waals surface area contributed by atoms with Crippen LogP contribution in [0.4, 0.5) is 0 Å². The van der Waals surface area contributed by atoms with Crippen molar-refractivity contribution < 1.29 is 19.1 Å². The largest absolute Gasteiger partial charge is 0.465 e. The molecule has 0 saturated carbocycles. The van der Waals surface area contributed by atoms with Crippen molar-refractivity contribution in [1.29, 1.82) is 0 Å². The van der Waals surface area contributed by atoms with E-state index < -0.39 is 0 Å². The van der Waals surface area contributed by atoms with Gasteiger partial charge in [0.15, 0.2) is 0 Å². The van der Waals surface area contributed by atoms with Crippen LogP contribution in [0, 0.1) is 0 Å². The summed E-state index contributed by atoms with van der Waals surface area (Å²) < 4.78 is 9.44. The summed E-state index contributed by atoms with van der Waals surface area (Å²) in [6, 6.07) is 17.9. The van der Waals surface area contributed by atoms with Crippen LogP contribution in [0.25, 0.3) is 0 Å². The van der Waals surface area contributed by atoms with Gasteiger partial charge in [0.1, 0.15) is 0 Å². The Morgan fingerprint density at radius 1 is 0.826 bits per heavy atom. The summed E-state index contributed by atoms with van der Waals surface area (Å²) in [6.07, 6.45) is 0.860. The lowest BCUT2D eigenvalue weighted by Gasteiger charge is -2.01. The highest BCUT2D eigenvalue weighted by atomic mass is 16.5. The molecule has 4 nitrogen and oxygen atoms in total. The van der Waals surface area contributed by atoms with Crippen molar-refractivity contribution in [2.75, 3.05) is 13.7 Å². The lowest BCUT2D eigenvalue weighted by molar-refractivity contribution is 0.0504. The molecule has 0 aliphatic heterocycles. The molecule has 0 amide bonds. The quantitative estimate of drug-likeness (QED) is 0.786. The average Bonchev–Trinajstić information content (AvgIpc) is 2.61. The first kappa shape index (κ1) is 20.4. The van der Waals surface area contributed by atoms with Crippen LogP contribution < -0.4 is 0 Å². The Balaban J connectivity index is 0.000000409. The topological polar surface area (TPSA) is 52.6 Å². The Labute approximate surface area is 138 Å². The van der Waals surface area contributed by atoms with Crippen molar-refractivity contribution >= 4 is 11.9 Å². The average molecular weight is 316 g/mol. The summed E-state index contributed by atoms with van der Waals surface area (Å²) in [5.74, 6) is -0.530. The molecule has 0 saturated heterocycles. The standard InChI is InChI=1S/C10H12O2.C8H8O2.CH4/c1-2-8-12-10(11)9-6-4-3-5-7-9;1-10-8(9)7-5-3-2-4-6-7;/h3-7H,2,8H2,1H3;2-6H,1H3;1H4. The van der Waals surface area contributed by atoms with Crippen LogP contribution in [0.1, 0.15) is 41.5 Å². The van der Waals surface area contributed by atoms with E-state index in [-0.39, 0.29) is 19.4 Å². The normalized spacial score (nSPS) is 8.78. The monoisotopic (exact) mass is 316 g/mol. The Morgan fingerprint density at radius 3 is 1.65 bits per heavy atom. The number of benzene rings is 2. The van der Waals surface area contributed by atoms with Gasteiger partial charge in [-0.3, -0.25) is 0 Å². The molecule has 0 atom stereocenters. The third kappa shape index (κ3) is 7.81. The second-order valence-corrected chi connectivity index (χ2v) is 4.36. The van der Waals surface area contributed by atoms with Gasteiger partial charge in [-0.1, -0.05) is 50.7 Å². The van der Waals surface area contributed by atoms with Gasteiger partial charge in [0.05, 0.1) is 24.8 Å². The van der Waals surface area contributed by atoms with E-state index in [1.807, 2.05) is 31.2 Å². The summed E-state index contributed by atoms with van der Waals surface area (Å²) in [5.41, 5.74) is 1.20. The summed E-state index contributed by atoms with van der Waals surface area (Å²) in [5, 5.41) is 0. The Bertz CT molecular complexity index is 564. The number of methoxy groups -OCH3 is 1. The van der Waals surface area contributed by atoms with Gasteiger partial charge in [-0.2, -0.15) is 0 Å². The van der Waals surface area contributed by atoms with Crippen LogP contribution >= 0.6 is 0 Å². The molecule has 0 N–H and O–H groups in total. The predicted molar refractivity (Wildman–Crippen MR) is 91.5 cm³/mol. The highest BCUT2D eigenvalue weighted by Crippen LogP contribution is 2.01. The fourth-order valence-corrected chi connectivity index (χ4v) is 1.54. The van der Waals surface area contributed by atoms with Gasteiger partial charge >= 0.3 is 11.9 Å². The molecule has 0 radical (unpaired) electrons. The second kappa shape index (κ2) is 12.0. The van der Waals surface area contributed by atoms with E-state index >= 15 is 0 Å². The van der Waals surface area contributed by atoms with Gasteiger partial charge in [0.2, 0.25) is 0 Å². The summed E-state index contributed by atoms with van der Waals surface area (Å²) >= 11 is 0. The van der Waals surface area contributed by atoms with E-state index in [9.17, 15) is 9.59 Å². The van der Waals surface area contributed by atoms with E-state index in [0.717, 1.165) is 6.42 Å². The van der Waals surface area contributed by atoms with Crippen molar-refractivity contribution in [3.8, 4) is 0 Å². The molecule has 2 aromatic rings. The second-order valence-electron chi connectivity index (χ2n) is 4.36. The summed E-state index contributed by atoms with van der Waals surface area (Å²) in [7, 11) is 1.37. The molecule has 0 aliphatic carbocycles. The maximum atomic E-state index is 11.2. The van der Waals surface area contributed by atoms with Crippen molar-refractivity contribution in [3.05, 3.63) is 71.8 Å². The minimum atomic E-state index is -0.291. The number of ether oxygens (including phenoxy) is 2. The van der Waals surface area contributed by atoms with Gasteiger partial charge in [-0.25, -0.2) is 9.59 Å². The fraction of sp³-hybridized carbons (Fsp3) is 0.263. The number of hydrogen-bond donors (Lipinski definition) is 0. The van der Waals surface area contributed by atoms with Crippen LogP contribution in [-0.2, 0) is 9.47 Å². The summed E-state index contributed by atoms with van der Waals surface area (Å²) in [4.78, 5) is 22.0. The zero-order valence-electron chi connectivity index (χ0n) is 12.8. The Morgan fingerprint density at radius 2 is 1.26 bits per heavy atom. The third-order valence-corrected chi connectivity index (χ3v) is 2.64. The smallest absolute Gasteiger partial charge is 0.338 e. The first-order chi connectivity index (χ1) is 10.7. The fourth-order valence-electron chi connectivity index (χ4n) is 1.54. The molecule has 0 heterocycles. The van der Waals surface area contributed by atoms with Crippen LogP contribution in [-0.4, -0.2) is 25.7 Å². The lowest BCUT2D eigenvalue weighted by atomic mass is 10.2. The first-order valence-corrected chi connectivity index (χ1v) is 7.04. The molecule has 2 rings (SSSR count). The number of carbonyl (C=O) groups excluding carboxylic acids is 2. The molecule has 2 aromatic carbocycles. The van der Waals surface area contributed by atoms with Gasteiger partial charge in [0.25, 0.3) is 0 Å². The molecule has 0 fully saturated rings. The first-order valence-electron chi connectivity index (χ1n) is 7.04. The number of rotatable bonds is 4. The Hall–Kier alpha value is -2.62. The van der Waals surface area contributed by atoms with Crippen molar-refractivity contribution in [2.45, 2.75) is 20.8 Å². The summed E-state index contributed by atoms with van der Waals surface area (Å²) in [6.45, 7) is 2.46. The molecule has 0 unspecified atom stereocenters. The van der Waals surface area contributed by atoms with Gasteiger partial charge in [0, 0.05) is 0 Å². The Kier molecular flexibility index (Phi) is 10.6. The van der Waals surface area contributed by atoms with E-state index in [2.05, 4.69) is 4.74 Å². The predicted octanol–water partition coefficient (Wildman–Crippen LogP) is 4.36. The number of esters is 2. The molecule has 0 aliphatic rings. The molecule has 23 heavy (non-hydrogen) atoms. The van der Waals surface area contributed by atoms with Crippen LogP contribution in [0.15, 0.2) is 60.7 Å². The van der Waals surface area contributed by atoms with Gasteiger partial charge in [-0.05, 0) is 30.7 Å². The van der Waals surface area contributed by atoms with Crippen LogP contribution in [0.2, 0.25) is 0 Å². The molecule has 124 valence electrons. The number of hydrogen-bond acceptors (Lipinski definition) is 4. The molecule has 0 bridgehead atoms. The zero-order valence-corrected chi connectivity index (χ0v) is 12.8. The van der Waals surface area contributed by atoms with Gasteiger partial charge < -0.3 is 9.47 Å². The van der Waals surface area contributed by atoms with Crippen LogP contribution in [0.3, 0.4) is 0 Å².